The van der Waals surface area contributed by atoms with Gasteiger partial charge in [0.2, 0.25) is 0 Å². The zero-order valence-corrected chi connectivity index (χ0v) is 13.9. The summed E-state index contributed by atoms with van der Waals surface area (Å²) in [5.74, 6) is -0.199. The summed E-state index contributed by atoms with van der Waals surface area (Å²) in [7, 11) is 0. The predicted octanol–water partition coefficient (Wildman–Crippen LogP) is 3.51. The Kier molecular flexibility index (Phi) is 5.09. The molecule has 0 aliphatic carbocycles. The zero-order chi connectivity index (χ0) is 15.4. The predicted molar refractivity (Wildman–Crippen MR) is 92.3 cm³/mol. The molecule has 3 N–H and O–H groups in total. The Hall–Kier alpha value is -1.72. The van der Waals surface area contributed by atoms with Gasteiger partial charge in [0, 0.05) is 10.0 Å². The van der Waals surface area contributed by atoms with Crippen molar-refractivity contribution < 1.29 is 4.79 Å². The maximum atomic E-state index is 12.5. The molecule has 2 aromatic carbocycles. The summed E-state index contributed by atoms with van der Waals surface area (Å²) in [5, 5.41) is 2.89. The van der Waals surface area contributed by atoms with Crippen LogP contribution in [0.5, 0.6) is 0 Å². The van der Waals surface area contributed by atoms with E-state index in [4.69, 9.17) is 18.0 Å². The van der Waals surface area contributed by atoms with E-state index in [9.17, 15) is 4.79 Å². The first-order chi connectivity index (χ1) is 10.0. The van der Waals surface area contributed by atoms with E-state index in [2.05, 4.69) is 21.2 Å². The first-order valence-corrected chi connectivity index (χ1v) is 7.61. The van der Waals surface area contributed by atoms with Crippen LogP contribution < -0.4 is 11.1 Å². The molecule has 2 rings (SSSR count). The number of amides is 1. The quantitative estimate of drug-likeness (QED) is 0.818. The van der Waals surface area contributed by atoms with Gasteiger partial charge in [-0.1, -0.05) is 64.5 Å². The summed E-state index contributed by atoms with van der Waals surface area (Å²) in [6.07, 6.45) is 0. The number of rotatable bonds is 4. The fraction of sp³-hybridized carbons (Fsp3) is 0.125. The second kappa shape index (κ2) is 6.83. The summed E-state index contributed by atoms with van der Waals surface area (Å²) in [5.41, 5.74) is 8.12. The van der Waals surface area contributed by atoms with Gasteiger partial charge < -0.3 is 11.1 Å². The van der Waals surface area contributed by atoms with Crippen molar-refractivity contribution in [2.75, 3.05) is 0 Å². The first-order valence-electron chi connectivity index (χ1n) is 6.41. The molecule has 0 heterocycles. The van der Waals surface area contributed by atoms with Crippen molar-refractivity contribution in [2.45, 2.75) is 13.0 Å². The van der Waals surface area contributed by atoms with E-state index in [0.717, 1.165) is 15.6 Å². The Bertz CT molecular complexity index is 673. The summed E-state index contributed by atoms with van der Waals surface area (Å²) in [4.78, 5) is 12.7. The number of carbonyl (C=O) groups is 1. The van der Waals surface area contributed by atoms with E-state index in [1.165, 1.54) is 0 Å². The van der Waals surface area contributed by atoms with Crippen LogP contribution in [0.2, 0.25) is 0 Å². The third-order valence-electron chi connectivity index (χ3n) is 3.21. The average molecular weight is 363 g/mol. The van der Waals surface area contributed by atoms with Crippen molar-refractivity contribution in [3.63, 3.8) is 0 Å². The Morgan fingerprint density at radius 1 is 1.19 bits per heavy atom. The van der Waals surface area contributed by atoms with Crippen LogP contribution in [-0.2, 0) is 0 Å². The summed E-state index contributed by atoms with van der Waals surface area (Å²) >= 11 is 8.50. The first kappa shape index (κ1) is 15.7. The van der Waals surface area contributed by atoms with E-state index >= 15 is 0 Å². The highest BCUT2D eigenvalue weighted by atomic mass is 79.9. The highest BCUT2D eigenvalue weighted by Gasteiger charge is 2.19. The molecule has 21 heavy (non-hydrogen) atoms. The van der Waals surface area contributed by atoms with Gasteiger partial charge in [0.15, 0.2) is 0 Å². The van der Waals surface area contributed by atoms with Gasteiger partial charge in [0.25, 0.3) is 5.91 Å². The smallest absolute Gasteiger partial charge is 0.252 e. The minimum atomic E-state index is -0.480. The minimum absolute atomic E-state index is 0.199. The fourth-order valence-corrected chi connectivity index (χ4v) is 2.59. The maximum absolute atomic E-state index is 12.5. The molecule has 0 aliphatic rings. The Labute approximate surface area is 137 Å². The van der Waals surface area contributed by atoms with Crippen molar-refractivity contribution in [1.82, 2.24) is 5.32 Å². The molecule has 108 valence electrons. The van der Waals surface area contributed by atoms with Gasteiger partial charge in [-0.2, -0.15) is 0 Å². The molecule has 0 fully saturated rings. The monoisotopic (exact) mass is 362 g/mol. The number of carbonyl (C=O) groups excluding carboxylic acids is 1. The van der Waals surface area contributed by atoms with Crippen molar-refractivity contribution >= 4 is 39.0 Å². The van der Waals surface area contributed by atoms with Crippen molar-refractivity contribution in [3.05, 3.63) is 69.7 Å². The molecular weight excluding hydrogens is 348 g/mol. The molecule has 5 heteroatoms. The number of nitrogens with two attached hydrogens (primary N) is 1. The lowest BCUT2D eigenvalue weighted by molar-refractivity contribution is 0.0946. The highest BCUT2D eigenvalue weighted by Crippen LogP contribution is 2.21. The SMILES string of the molecule is Cc1c(Br)cccc1C(=O)NC(C(N)=S)c1ccccc1. The van der Waals surface area contributed by atoms with Crippen molar-refractivity contribution in [3.8, 4) is 0 Å². The molecule has 0 saturated heterocycles. The molecule has 2 aromatic rings. The van der Waals surface area contributed by atoms with E-state index in [1.54, 1.807) is 6.07 Å². The summed E-state index contributed by atoms with van der Waals surface area (Å²) < 4.78 is 0.890. The van der Waals surface area contributed by atoms with Gasteiger partial charge in [0.05, 0.1) is 0 Å². The van der Waals surface area contributed by atoms with Crippen molar-refractivity contribution in [1.29, 1.82) is 0 Å². The molecule has 1 amide bonds. The topological polar surface area (TPSA) is 55.1 Å². The molecule has 0 spiro atoms. The Morgan fingerprint density at radius 3 is 2.48 bits per heavy atom. The van der Waals surface area contributed by atoms with Gasteiger partial charge in [-0.25, -0.2) is 0 Å². The maximum Gasteiger partial charge on any atom is 0.252 e. The van der Waals surface area contributed by atoms with Gasteiger partial charge in [-0.05, 0) is 30.2 Å². The van der Waals surface area contributed by atoms with E-state index in [1.807, 2.05) is 49.4 Å². The highest BCUT2D eigenvalue weighted by molar-refractivity contribution is 9.10. The second-order valence-electron chi connectivity index (χ2n) is 4.63. The number of hydrogen-bond donors (Lipinski definition) is 2. The van der Waals surface area contributed by atoms with Crippen LogP contribution in [0.25, 0.3) is 0 Å². The lowest BCUT2D eigenvalue weighted by Crippen LogP contribution is -2.36. The largest absolute Gasteiger partial charge is 0.391 e. The number of thiocarbonyl (C=S) groups is 1. The van der Waals surface area contributed by atoms with Crippen LogP contribution in [0.1, 0.15) is 27.5 Å². The molecule has 3 nitrogen and oxygen atoms in total. The molecule has 1 atom stereocenters. The van der Waals surface area contributed by atoms with Gasteiger partial charge >= 0.3 is 0 Å². The third-order valence-corrected chi connectivity index (χ3v) is 4.30. The number of benzene rings is 2. The standard InChI is InChI=1S/C16H15BrN2OS/c1-10-12(8-5-9-13(10)17)16(20)19-14(15(18)21)11-6-3-2-4-7-11/h2-9,14H,1H3,(H2,18,21)(H,19,20). The zero-order valence-electron chi connectivity index (χ0n) is 11.5. The summed E-state index contributed by atoms with van der Waals surface area (Å²) in [6.45, 7) is 1.89. The van der Waals surface area contributed by atoms with Crippen LogP contribution in [0.3, 0.4) is 0 Å². The van der Waals surface area contributed by atoms with Gasteiger partial charge in [-0.3, -0.25) is 4.79 Å². The Balaban J connectivity index is 2.28. The molecule has 0 aliphatic heterocycles. The van der Waals surface area contributed by atoms with Crippen LogP contribution in [0.4, 0.5) is 0 Å². The molecule has 0 aromatic heterocycles. The van der Waals surface area contributed by atoms with Gasteiger partial charge in [-0.15, -0.1) is 0 Å². The van der Waals surface area contributed by atoms with Crippen LogP contribution in [0, 0.1) is 6.92 Å². The average Bonchev–Trinajstić information content (AvgIpc) is 2.48. The van der Waals surface area contributed by atoms with E-state index in [-0.39, 0.29) is 10.9 Å². The number of halogens is 1. The number of nitrogens with one attached hydrogen (secondary N) is 1. The minimum Gasteiger partial charge on any atom is -0.391 e. The lowest BCUT2D eigenvalue weighted by atomic mass is 10.0. The van der Waals surface area contributed by atoms with Gasteiger partial charge in [0.1, 0.15) is 11.0 Å². The lowest BCUT2D eigenvalue weighted by Gasteiger charge is -2.18. The van der Waals surface area contributed by atoms with Crippen molar-refractivity contribution in [2.24, 2.45) is 5.73 Å². The van der Waals surface area contributed by atoms with Crippen LogP contribution in [-0.4, -0.2) is 10.9 Å². The molecule has 0 saturated carbocycles. The van der Waals surface area contributed by atoms with E-state index < -0.39 is 6.04 Å². The third kappa shape index (κ3) is 3.68. The molecular formula is C16H15BrN2OS. The van der Waals surface area contributed by atoms with E-state index in [0.29, 0.717) is 5.56 Å². The molecule has 1 unspecified atom stereocenters. The second-order valence-corrected chi connectivity index (χ2v) is 5.96. The summed E-state index contributed by atoms with van der Waals surface area (Å²) in [6, 6.07) is 14.5. The normalized spacial score (nSPS) is 11.7. The number of hydrogen-bond acceptors (Lipinski definition) is 2. The fourth-order valence-electron chi connectivity index (χ4n) is 2.03. The Morgan fingerprint density at radius 2 is 1.86 bits per heavy atom. The van der Waals surface area contributed by atoms with Crippen LogP contribution >= 0.6 is 28.1 Å². The van der Waals surface area contributed by atoms with Crippen LogP contribution in [0.15, 0.2) is 53.0 Å². The molecule has 0 radical (unpaired) electrons. The molecule has 0 bridgehead atoms.